The van der Waals surface area contributed by atoms with E-state index in [1.54, 1.807) is 6.92 Å². The van der Waals surface area contributed by atoms with E-state index in [0.717, 1.165) is 6.54 Å². The molecule has 0 saturated carbocycles. The second kappa shape index (κ2) is 6.12. The molecule has 90 valence electrons. The molecule has 1 heterocycles. The van der Waals surface area contributed by atoms with Crippen LogP contribution in [0, 0.1) is 0 Å². The first-order valence-electron chi connectivity index (χ1n) is 5.03. The number of rotatable bonds is 6. The minimum Gasteiger partial charge on any atom is -0.461 e. The highest BCUT2D eigenvalue weighted by Gasteiger charge is 2.13. The molecule has 6 heteroatoms. The molecule has 0 saturated heterocycles. The molecule has 0 N–H and O–H groups in total. The van der Waals surface area contributed by atoms with Gasteiger partial charge in [-0.25, -0.2) is 4.79 Å². The van der Waals surface area contributed by atoms with Gasteiger partial charge in [-0.1, -0.05) is 0 Å². The Kier molecular flexibility index (Phi) is 4.78. The topological polar surface area (TPSA) is 64.8 Å². The van der Waals surface area contributed by atoms with Crippen molar-refractivity contribution in [3.63, 3.8) is 0 Å². The first-order valence-corrected chi connectivity index (χ1v) is 5.03. The van der Waals surface area contributed by atoms with Gasteiger partial charge in [0.1, 0.15) is 12.9 Å². The van der Waals surface area contributed by atoms with E-state index in [4.69, 9.17) is 13.9 Å². The maximum Gasteiger partial charge on any atom is 0.394 e. The molecule has 16 heavy (non-hydrogen) atoms. The lowest BCUT2D eigenvalue weighted by molar-refractivity contribution is 0.0519. The predicted molar refractivity (Wildman–Crippen MR) is 56.5 cm³/mol. The maximum atomic E-state index is 11.2. The Morgan fingerprint density at radius 1 is 1.56 bits per heavy atom. The molecule has 0 aromatic carbocycles. The molecular formula is C10H16N2O4. The van der Waals surface area contributed by atoms with Crippen molar-refractivity contribution >= 4 is 5.97 Å². The summed E-state index contributed by atoms with van der Waals surface area (Å²) in [6.07, 6.45) is 1.31. The summed E-state index contributed by atoms with van der Waals surface area (Å²) in [7, 11) is 3.87. The van der Waals surface area contributed by atoms with Crippen LogP contribution in [-0.4, -0.2) is 49.7 Å². The monoisotopic (exact) mass is 228 g/mol. The standard InChI is InChI=1S/C10H16N2O4/c1-4-14-9(13)8-7-16-10(11-8)15-6-5-12(2)3/h7H,4-6H2,1-3H3. The van der Waals surface area contributed by atoms with Gasteiger partial charge in [0.15, 0.2) is 5.69 Å². The van der Waals surface area contributed by atoms with Crippen molar-refractivity contribution in [3.05, 3.63) is 12.0 Å². The quantitative estimate of drug-likeness (QED) is 0.671. The highest BCUT2D eigenvalue weighted by Crippen LogP contribution is 2.10. The zero-order chi connectivity index (χ0) is 12.0. The molecule has 0 amide bonds. The third kappa shape index (κ3) is 3.90. The van der Waals surface area contributed by atoms with Crippen LogP contribution in [-0.2, 0) is 4.74 Å². The van der Waals surface area contributed by atoms with Gasteiger partial charge in [0.25, 0.3) is 0 Å². The fourth-order valence-electron chi connectivity index (χ4n) is 0.938. The summed E-state index contributed by atoms with van der Waals surface area (Å²) in [6.45, 7) is 3.24. The number of hydrogen-bond donors (Lipinski definition) is 0. The summed E-state index contributed by atoms with van der Waals surface area (Å²) in [5.41, 5.74) is 0.127. The van der Waals surface area contributed by atoms with Gasteiger partial charge in [0.05, 0.1) is 6.61 Å². The van der Waals surface area contributed by atoms with Gasteiger partial charge < -0.3 is 18.8 Å². The van der Waals surface area contributed by atoms with Crippen LogP contribution in [0.1, 0.15) is 17.4 Å². The third-order valence-electron chi connectivity index (χ3n) is 1.73. The summed E-state index contributed by atoms with van der Waals surface area (Å²) in [6, 6.07) is 0. The van der Waals surface area contributed by atoms with Crippen LogP contribution < -0.4 is 4.74 Å². The highest BCUT2D eigenvalue weighted by atomic mass is 16.6. The second-order valence-corrected chi connectivity index (χ2v) is 3.37. The fourth-order valence-corrected chi connectivity index (χ4v) is 0.938. The van der Waals surface area contributed by atoms with Crippen molar-refractivity contribution in [2.45, 2.75) is 6.92 Å². The van der Waals surface area contributed by atoms with E-state index < -0.39 is 5.97 Å². The van der Waals surface area contributed by atoms with Crippen molar-refractivity contribution in [1.29, 1.82) is 0 Å². The van der Waals surface area contributed by atoms with Gasteiger partial charge in [-0.05, 0) is 21.0 Å². The molecule has 6 nitrogen and oxygen atoms in total. The van der Waals surface area contributed by atoms with Gasteiger partial charge in [-0.2, -0.15) is 4.98 Å². The van der Waals surface area contributed by atoms with Crippen LogP contribution in [0.2, 0.25) is 0 Å². The van der Waals surface area contributed by atoms with Gasteiger partial charge in [0, 0.05) is 6.54 Å². The Morgan fingerprint density at radius 2 is 2.31 bits per heavy atom. The Bertz CT molecular complexity index is 335. The molecule has 0 aliphatic heterocycles. The number of carbonyl (C=O) groups excluding carboxylic acids is 1. The molecule has 1 aromatic heterocycles. The Balaban J connectivity index is 2.42. The molecule has 0 atom stereocenters. The van der Waals surface area contributed by atoms with Crippen molar-refractivity contribution in [1.82, 2.24) is 9.88 Å². The van der Waals surface area contributed by atoms with Gasteiger partial charge in [-0.3, -0.25) is 0 Å². The average Bonchev–Trinajstić information content (AvgIpc) is 2.66. The lowest BCUT2D eigenvalue weighted by atomic mass is 10.5. The summed E-state index contributed by atoms with van der Waals surface area (Å²) in [5, 5.41) is 0. The first-order chi connectivity index (χ1) is 7.63. The lowest BCUT2D eigenvalue weighted by Gasteiger charge is -2.07. The molecule has 0 radical (unpaired) electrons. The number of carbonyl (C=O) groups is 1. The molecular weight excluding hydrogens is 212 g/mol. The highest BCUT2D eigenvalue weighted by molar-refractivity contribution is 5.86. The smallest absolute Gasteiger partial charge is 0.394 e. The number of likely N-dealkylation sites (N-methyl/N-ethyl adjacent to an activating group) is 1. The lowest BCUT2D eigenvalue weighted by Crippen LogP contribution is -2.19. The summed E-state index contributed by atoms with van der Waals surface area (Å²) in [4.78, 5) is 17.0. The zero-order valence-electron chi connectivity index (χ0n) is 9.73. The molecule has 0 fully saturated rings. The van der Waals surface area contributed by atoms with E-state index in [2.05, 4.69) is 4.98 Å². The van der Waals surface area contributed by atoms with Gasteiger partial charge in [-0.15, -0.1) is 0 Å². The van der Waals surface area contributed by atoms with Crippen LogP contribution in [0.5, 0.6) is 6.08 Å². The predicted octanol–water partition coefficient (Wildman–Crippen LogP) is 0.792. The number of esters is 1. The van der Waals surface area contributed by atoms with Crippen molar-refractivity contribution in [2.75, 3.05) is 33.9 Å². The molecule has 0 spiro atoms. The zero-order valence-corrected chi connectivity index (χ0v) is 9.73. The second-order valence-electron chi connectivity index (χ2n) is 3.37. The molecule has 0 aliphatic rings. The van der Waals surface area contributed by atoms with Crippen LogP contribution >= 0.6 is 0 Å². The molecule has 0 bridgehead atoms. The maximum absolute atomic E-state index is 11.2. The van der Waals surface area contributed by atoms with E-state index in [1.165, 1.54) is 6.26 Å². The molecule has 0 aliphatic carbocycles. The Hall–Kier alpha value is -1.56. The SMILES string of the molecule is CCOC(=O)c1coc(OCCN(C)C)n1. The summed E-state index contributed by atoms with van der Waals surface area (Å²) in [5.74, 6) is -0.506. The Morgan fingerprint density at radius 3 is 2.94 bits per heavy atom. The van der Waals surface area contributed by atoms with E-state index in [0.29, 0.717) is 13.2 Å². The van der Waals surface area contributed by atoms with E-state index >= 15 is 0 Å². The minimum atomic E-state index is -0.506. The van der Waals surface area contributed by atoms with Crippen LogP contribution in [0.15, 0.2) is 10.7 Å². The normalized spacial score (nSPS) is 10.5. The summed E-state index contributed by atoms with van der Waals surface area (Å²) >= 11 is 0. The average molecular weight is 228 g/mol. The van der Waals surface area contributed by atoms with E-state index in [9.17, 15) is 4.79 Å². The first kappa shape index (κ1) is 12.5. The largest absolute Gasteiger partial charge is 0.461 e. The van der Waals surface area contributed by atoms with E-state index in [1.807, 2.05) is 19.0 Å². The molecule has 0 unspecified atom stereocenters. The van der Waals surface area contributed by atoms with Crippen LogP contribution in [0.25, 0.3) is 0 Å². The number of nitrogens with zero attached hydrogens (tertiary/aromatic N) is 2. The third-order valence-corrected chi connectivity index (χ3v) is 1.73. The van der Waals surface area contributed by atoms with Crippen molar-refractivity contribution < 1.29 is 18.7 Å². The Labute approximate surface area is 94.1 Å². The minimum absolute atomic E-state index is 0.0879. The number of ether oxygens (including phenoxy) is 2. The number of hydrogen-bond acceptors (Lipinski definition) is 6. The van der Waals surface area contributed by atoms with E-state index in [-0.39, 0.29) is 11.8 Å². The van der Waals surface area contributed by atoms with Crippen LogP contribution in [0.4, 0.5) is 0 Å². The van der Waals surface area contributed by atoms with Gasteiger partial charge >= 0.3 is 12.0 Å². The number of aromatic nitrogens is 1. The molecule has 1 aromatic rings. The summed E-state index contributed by atoms with van der Waals surface area (Å²) < 4.78 is 14.9. The van der Waals surface area contributed by atoms with Crippen molar-refractivity contribution in [2.24, 2.45) is 0 Å². The number of oxazole rings is 1. The van der Waals surface area contributed by atoms with Crippen LogP contribution in [0.3, 0.4) is 0 Å². The van der Waals surface area contributed by atoms with Crippen molar-refractivity contribution in [3.8, 4) is 6.08 Å². The fraction of sp³-hybridized carbons (Fsp3) is 0.600. The molecule has 1 rings (SSSR count). The van der Waals surface area contributed by atoms with Gasteiger partial charge in [0.2, 0.25) is 0 Å².